The van der Waals surface area contributed by atoms with Crippen molar-refractivity contribution in [1.29, 1.82) is 0 Å². The Morgan fingerprint density at radius 3 is 1.91 bits per heavy atom. The average molecular weight is 487 g/mol. The topological polar surface area (TPSA) is 220 Å². The zero-order valence-electron chi connectivity index (χ0n) is 20.6. The van der Waals surface area contributed by atoms with E-state index in [1.807, 2.05) is 6.92 Å². The van der Waals surface area contributed by atoms with Crippen LogP contribution in [0, 0.1) is 11.8 Å². The van der Waals surface area contributed by atoms with Gasteiger partial charge in [-0.3, -0.25) is 19.2 Å². The second-order valence-electron chi connectivity index (χ2n) is 8.90. The number of carboxylic acids is 1. The summed E-state index contributed by atoms with van der Waals surface area (Å²) in [7, 11) is 0. The van der Waals surface area contributed by atoms with Gasteiger partial charge in [-0.15, -0.1) is 0 Å². The van der Waals surface area contributed by atoms with Crippen LogP contribution in [0.4, 0.5) is 0 Å². The number of carboxylic acid groups (broad SMARTS) is 1. The van der Waals surface area contributed by atoms with Crippen molar-refractivity contribution in [2.45, 2.75) is 90.4 Å². The van der Waals surface area contributed by atoms with Crippen molar-refractivity contribution >= 4 is 29.6 Å². The molecule has 0 radical (unpaired) electrons. The van der Waals surface area contributed by atoms with Gasteiger partial charge in [0.2, 0.25) is 23.6 Å². The van der Waals surface area contributed by atoms with Gasteiger partial charge in [-0.2, -0.15) is 0 Å². The molecule has 0 fully saturated rings. The lowest BCUT2D eigenvalue weighted by Gasteiger charge is -2.28. The van der Waals surface area contributed by atoms with Crippen molar-refractivity contribution in [2.75, 3.05) is 6.54 Å². The molecule has 34 heavy (non-hydrogen) atoms. The zero-order valence-corrected chi connectivity index (χ0v) is 20.6. The van der Waals surface area contributed by atoms with Crippen molar-refractivity contribution in [1.82, 2.24) is 16.0 Å². The molecule has 0 bridgehead atoms. The minimum absolute atomic E-state index is 0.0317. The van der Waals surface area contributed by atoms with Gasteiger partial charge in [0.25, 0.3) is 0 Å². The monoisotopic (exact) mass is 486 g/mol. The normalized spacial score (nSPS) is 15.5. The van der Waals surface area contributed by atoms with Gasteiger partial charge in [0.1, 0.15) is 18.1 Å². The van der Waals surface area contributed by atoms with Crippen LogP contribution >= 0.6 is 0 Å². The number of nitrogens with one attached hydrogen (secondary N) is 3. The Morgan fingerprint density at radius 1 is 0.853 bits per heavy atom. The summed E-state index contributed by atoms with van der Waals surface area (Å²) in [4.78, 5) is 60.9. The summed E-state index contributed by atoms with van der Waals surface area (Å²) >= 11 is 0. The molecule has 4 amide bonds. The van der Waals surface area contributed by atoms with E-state index in [1.54, 1.807) is 20.8 Å². The number of unbranched alkanes of at least 4 members (excludes halogenated alkanes) is 1. The van der Waals surface area contributed by atoms with Crippen molar-refractivity contribution in [3.05, 3.63) is 0 Å². The Hall–Kier alpha value is -2.73. The average Bonchev–Trinajstić information content (AvgIpc) is 2.77. The molecule has 12 heteroatoms. The molecule has 0 aliphatic heterocycles. The molecule has 5 atom stereocenters. The number of aliphatic carboxylic acids is 1. The van der Waals surface area contributed by atoms with Crippen LogP contribution in [0.25, 0.3) is 0 Å². The van der Waals surface area contributed by atoms with E-state index >= 15 is 0 Å². The van der Waals surface area contributed by atoms with E-state index in [0.29, 0.717) is 25.8 Å². The second kappa shape index (κ2) is 16.0. The van der Waals surface area contributed by atoms with Crippen LogP contribution < -0.4 is 33.2 Å². The number of carbonyl (C=O) groups is 5. The molecule has 0 aromatic carbocycles. The predicted molar refractivity (Wildman–Crippen MR) is 127 cm³/mol. The van der Waals surface area contributed by atoms with E-state index in [1.165, 1.54) is 0 Å². The highest BCUT2D eigenvalue weighted by atomic mass is 16.4. The van der Waals surface area contributed by atoms with E-state index in [2.05, 4.69) is 16.0 Å². The van der Waals surface area contributed by atoms with Crippen molar-refractivity contribution in [3.8, 4) is 0 Å². The highest BCUT2D eigenvalue weighted by Crippen LogP contribution is 2.11. The molecule has 0 aromatic heterocycles. The van der Waals surface area contributed by atoms with Gasteiger partial charge in [-0.05, 0) is 44.1 Å². The van der Waals surface area contributed by atoms with Gasteiger partial charge in [0, 0.05) is 6.42 Å². The quantitative estimate of drug-likeness (QED) is 0.125. The van der Waals surface area contributed by atoms with E-state index in [0.717, 1.165) is 0 Å². The number of rotatable bonds is 17. The lowest BCUT2D eigenvalue weighted by Crippen LogP contribution is -2.58. The van der Waals surface area contributed by atoms with Crippen molar-refractivity contribution < 1.29 is 29.1 Å². The third-order valence-corrected chi connectivity index (χ3v) is 5.64. The maximum Gasteiger partial charge on any atom is 0.326 e. The molecule has 0 heterocycles. The van der Waals surface area contributed by atoms with Gasteiger partial charge < -0.3 is 38.3 Å². The standard InChI is InChI=1S/C22H42N6O6/c1-5-13(4)18(22(33)34)28-20(31)15(8-6-7-11-23)26-21(32)17(12(2)3)27-19(30)14(24)9-10-16(25)29/h12-15,17-18H,5-11,23-24H2,1-4H3,(H2,25,29)(H,26,32)(H,27,30)(H,28,31)(H,33,34). The first-order valence-corrected chi connectivity index (χ1v) is 11.7. The van der Waals surface area contributed by atoms with Gasteiger partial charge in [0.05, 0.1) is 6.04 Å². The number of hydrogen-bond acceptors (Lipinski definition) is 7. The molecule has 0 spiro atoms. The Labute approximate surface area is 201 Å². The molecule has 0 rings (SSSR count). The summed E-state index contributed by atoms with van der Waals surface area (Å²) in [5.41, 5.74) is 16.4. The molecule has 12 nitrogen and oxygen atoms in total. The summed E-state index contributed by atoms with van der Waals surface area (Å²) in [5, 5.41) is 17.2. The summed E-state index contributed by atoms with van der Waals surface area (Å²) in [5.74, 6) is -4.25. The summed E-state index contributed by atoms with van der Waals surface area (Å²) in [6, 6.07) is -4.14. The zero-order chi connectivity index (χ0) is 26.4. The molecule has 0 aromatic rings. The van der Waals surface area contributed by atoms with Crippen LogP contribution in [0.15, 0.2) is 0 Å². The summed E-state index contributed by atoms with van der Waals surface area (Å²) < 4.78 is 0. The maximum absolute atomic E-state index is 13.0. The predicted octanol–water partition coefficient (Wildman–Crippen LogP) is -1.05. The van der Waals surface area contributed by atoms with E-state index in [9.17, 15) is 29.1 Å². The fourth-order valence-electron chi connectivity index (χ4n) is 3.18. The van der Waals surface area contributed by atoms with Crippen LogP contribution in [0.3, 0.4) is 0 Å². The third-order valence-electron chi connectivity index (χ3n) is 5.64. The fourth-order valence-corrected chi connectivity index (χ4v) is 3.18. The molecule has 0 aliphatic rings. The number of nitrogens with two attached hydrogens (primary N) is 3. The van der Waals surface area contributed by atoms with Gasteiger partial charge in [-0.25, -0.2) is 4.79 Å². The van der Waals surface area contributed by atoms with E-state index in [4.69, 9.17) is 17.2 Å². The minimum Gasteiger partial charge on any atom is -0.480 e. The van der Waals surface area contributed by atoms with Crippen LogP contribution in [0.1, 0.15) is 66.2 Å². The van der Waals surface area contributed by atoms with Crippen LogP contribution in [0.5, 0.6) is 0 Å². The molecule has 0 saturated carbocycles. The molecule has 0 aliphatic carbocycles. The molecule has 196 valence electrons. The number of carbonyl (C=O) groups excluding carboxylic acids is 4. The lowest BCUT2D eigenvalue weighted by atomic mass is 9.98. The largest absolute Gasteiger partial charge is 0.480 e. The molecular formula is C22H42N6O6. The second-order valence-corrected chi connectivity index (χ2v) is 8.90. The first-order valence-electron chi connectivity index (χ1n) is 11.7. The maximum atomic E-state index is 13.0. The number of amides is 4. The molecule has 5 unspecified atom stereocenters. The highest BCUT2D eigenvalue weighted by Gasteiger charge is 2.32. The Bertz CT molecular complexity index is 701. The van der Waals surface area contributed by atoms with Crippen LogP contribution in [-0.2, 0) is 24.0 Å². The van der Waals surface area contributed by atoms with Gasteiger partial charge in [0.15, 0.2) is 0 Å². The Balaban J connectivity index is 5.45. The first-order chi connectivity index (χ1) is 15.8. The van der Waals surface area contributed by atoms with E-state index < -0.39 is 53.8 Å². The first kappa shape index (κ1) is 31.3. The van der Waals surface area contributed by atoms with Crippen LogP contribution in [-0.4, -0.2) is 65.4 Å². The summed E-state index contributed by atoms with van der Waals surface area (Å²) in [6.07, 6.45) is 1.90. The Kier molecular flexibility index (Phi) is 14.7. The van der Waals surface area contributed by atoms with Gasteiger partial charge in [-0.1, -0.05) is 34.1 Å². The van der Waals surface area contributed by atoms with Gasteiger partial charge >= 0.3 is 5.97 Å². The lowest BCUT2D eigenvalue weighted by molar-refractivity contribution is -0.144. The van der Waals surface area contributed by atoms with Crippen LogP contribution in [0.2, 0.25) is 0 Å². The van der Waals surface area contributed by atoms with Crippen molar-refractivity contribution in [2.24, 2.45) is 29.0 Å². The van der Waals surface area contributed by atoms with Crippen molar-refractivity contribution in [3.63, 3.8) is 0 Å². The third kappa shape index (κ3) is 11.4. The summed E-state index contributed by atoms with van der Waals surface area (Å²) in [6.45, 7) is 7.36. The highest BCUT2D eigenvalue weighted by molar-refractivity contribution is 5.94. The number of hydrogen-bond donors (Lipinski definition) is 7. The fraction of sp³-hybridized carbons (Fsp3) is 0.773. The smallest absolute Gasteiger partial charge is 0.326 e. The SMILES string of the molecule is CCC(C)C(NC(=O)C(CCCCN)NC(=O)C(NC(=O)C(N)CCC(N)=O)C(C)C)C(=O)O. The Morgan fingerprint density at radius 2 is 1.44 bits per heavy atom. The molecule has 0 saturated heterocycles. The van der Waals surface area contributed by atoms with E-state index in [-0.39, 0.29) is 31.1 Å². The minimum atomic E-state index is -1.16. The molecule has 10 N–H and O–H groups in total. The number of primary amides is 1. The molecular weight excluding hydrogens is 444 g/mol.